The number of nitrogens with zero attached hydrogens (tertiary/aromatic N) is 3. The first-order valence-corrected chi connectivity index (χ1v) is 25.6. The SMILES string of the molecule is COc1cc(OC)c(Cc2ccc(O)cc2O)c(OC)c1.COc1ncccc1Cc1ccc(O)cc1O.Oc1ccc(C(O)c2cccnc2)c(O)c1.Oc1ccc(CC2=CCC=C2)c(O)c1.Oc1ccc(Cc2cccnc2)c(O)c1. The highest BCUT2D eigenvalue weighted by molar-refractivity contribution is 5.55. The van der Waals surface area contributed by atoms with Gasteiger partial charge >= 0.3 is 0 Å². The van der Waals surface area contributed by atoms with Crippen molar-refractivity contribution in [3.63, 3.8) is 0 Å². The second-order valence-electron chi connectivity index (χ2n) is 18.4. The molecule has 1 aliphatic rings. The van der Waals surface area contributed by atoms with Crippen LogP contribution >= 0.6 is 0 Å². The summed E-state index contributed by atoms with van der Waals surface area (Å²) < 4.78 is 21.1. The van der Waals surface area contributed by atoms with Gasteiger partial charge in [0.1, 0.15) is 80.8 Å². The van der Waals surface area contributed by atoms with E-state index in [0.29, 0.717) is 64.6 Å². The molecule has 1 aliphatic carbocycles. The predicted molar refractivity (Wildman–Crippen MR) is 312 cm³/mol. The van der Waals surface area contributed by atoms with Gasteiger partial charge in [0, 0.05) is 121 Å². The molecule has 18 nitrogen and oxygen atoms in total. The number of methoxy groups -OCH3 is 4. The van der Waals surface area contributed by atoms with Gasteiger partial charge in [-0.2, -0.15) is 0 Å². The molecule has 430 valence electrons. The van der Waals surface area contributed by atoms with E-state index in [9.17, 15) is 40.9 Å². The molecule has 9 aromatic rings. The predicted octanol–water partition coefficient (Wildman–Crippen LogP) is 11.0. The van der Waals surface area contributed by atoms with Crippen LogP contribution in [0.25, 0.3) is 0 Å². The minimum absolute atomic E-state index is 0.0184. The van der Waals surface area contributed by atoms with Gasteiger partial charge in [0.2, 0.25) is 5.88 Å². The van der Waals surface area contributed by atoms with E-state index in [1.807, 2.05) is 24.3 Å². The molecule has 0 fully saturated rings. The number of aliphatic hydroxyl groups excluding tert-OH is 1. The molecule has 3 aromatic heterocycles. The molecule has 83 heavy (non-hydrogen) atoms. The van der Waals surface area contributed by atoms with Crippen molar-refractivity contribution in [2.24, 2.45) is 0 Å². The molecular weight excluding hydrogens is 1060 g/mol. The van der Waals surface area contributed by atoms with E-state index in [1.54, 1.807) is 114 Å². The Bertz CT molecular complexity index is 3570. The first-order chi connectivity index (χ1) is 40.0. The molecule has 1 atom stereocenters. The largest absolute Gasteiger partial charge is 0.508 e. The molecule has 0 saturated carbocycles. The first kappa shape index (κ1) is 61.6. The van der Waals surface area contributed by atoms with Crippen molar-refractivity contribution < 1.29 is 75.1 Å². The van der Waals surface area contributed by atoms with Crippen LogP contribution in [0.2, 0.25) is 0 Å². The van der Waals surface area contributed by atoms with E-state index in [-0.39, 0.29) is 57.5 Å². The number of aromatic nitrogens is 3. The Morgan fingerprint density at radius 1 is 0.446 bits per heavy atom. The number of aliphatic hydroxyl groups is 1. The Balaban J connectivity index is 0.000000168. The van der Waals surface area contributed by atoms with Crippen LogP contribution in [0.15, 0.2) is 194 Å². The number of phenolic OH excluding ortho intramolecular Hbond substituents is 10. The molecule has 0 aliphatic heterocycles. The van der Waals surface area contributed by atoms with Gasteiger partial charge in [-0.05, 0) is 94.4 Å². The van der Waals surface area contributed by atoms with E-state index >= 15 is 0 Å². The van der Waals surface area contributed by atoms with Gasteiger partial charge in [0.15, 0.2) is 0 Å². The Labute approximate surface area is 479 Å². The fraction of sp³-hybridized carbons (Fsp3) is 0.154. The third-order valence-electron chi connectivity index (χ3n) is 12.6. The number of benzene rings is 6. The van der Waals surface area contributed by atoms with Gasteiger partial charge in [-0.3, -0.25) is 9.97 Å². The summed E-state index contributed by atoms with van der Waals surface area (Å²) in [5, 5.41) is 104. The number of phenols is 10. The van der Waals surface area contributed by atoms with Crippen molar-refractivity contribution in [3.8, 4) is 80.6 Å². The minimum Gasteiger partial charge on any atom is -0.508 e. The molecule has 0 saturated heterocycles. The van der Waals surface area contributed by atoms with E-state index in [0.717, 1.165) is 40.7 Å². The summed E-state index contributed by atoms with van der Waals surface area (Å²) in [7, 11) is 6.25. The lowest BCUT2D eigenvalue weighted by Gasteiger charge is -2.15. The van der Waals surface area contributed by atoms with Crippen molar-refractivity contribution in [2.45, 2.75) is 38.2 Å². The summed E-state index contributed by atoms with van der Waals surface area (Å²) in [4.78, 5) is 12.0. The van der Waals surface area contributed by atoms with Crippen molar-refractivity contribution in [1.82, 2.24) is 15.0 Å². The molecule has 18 heteroatoms. The topological polar surface area (TPSA) is 298 Å². The molecule has 11 N–H and O–H groups in total. The zero-order valence-electron chi connectivity index (χ0n) is 45.9. The standard InChI is InChI=1S/C16H18O5.C13H13NO3.C12H11NO3.C12H11NO2.C12H12O2/c1-19-12-8-15(20-2)13(16(9-12)21-3)6-10-4-5-11(17)7-14(10)18;1-17-13-10(3-2-6-14-13)7-9-4-5-11(15)8-12(9)16;14-9-3-4-10(11(15)6-9)12(16)8-2-1-5-13-7-8;14-11-4-3-10(12(15)7-11)6-9-2-1-5-13-8-9;13-11-6-5-10(12(14)8-11)7-9-3-1-2-4-9/h4-5,7-9,17-18H,6H2,1-3H3;2-6,8,15-16H,7H2,1H3;1-7,12,14-16H;1-5,7-8,14-15H,6H2;1,3-6,8,13-14H,2,7H2. The van der Waals surface area contributed by atoms with Gasteiger partial charge in [0.25, 0.3) is 0 Å². The quantitative estimate of drug-likeness (QED) is 0.0482. The number of rotatable bonds is 14. The van der Waals surface area contributed by atoms with Crippen LogP contribution in [0.5, 0.6) is 80.6 Å². The average molecular weight is 1130 g/mol. The molecule has 0 radical (unpaired) electrons. The van der Waals surface area contributed by atoms with Gasteiger partial charge in [-0.25, -0.2) is 4.98 Å². The Morgan fingerprint density at radius 2 is 0.928 bits per heavy atom. The summed E-state index contributed by atoms with van der Waals surface area (Å²) in [6.07, 6.45) is 16.8. The van der Waals surface area contributed by atoms with E-state index in [2.05, 4.69) is 33.2 Å². The Kier molecular flexibility index (Phi) is 22.8. The number of pyridine rings is 3. The van der Waals surface area contributed by atoms with Crippen LogP contribution in [-0.4, -0.2) is 99.6 Å². The summed E-state index contributed by atoms with van der Waals surface area (Å²) >= 11 is 0. The van der Waals surface area contributed by atoms with Crippen molar-refractivity contribution in [2.75, 3.05) is 28.4 Å². The number of hydrogen-bond acceptors (Lipinski definition) is 18. The summed E-state index contributed by atoms with van der Waals surface area (Å²) in [6, 6.07) is 36.8. The highest BCUT2D eigenvalue weighted by Gasteiger charge is 2.17. The number of aromatic hydroxyl groups is 10. The Morgan fingerprint density at radius 3 is 1.37 bits per heavy atom. The zero-order valence-corrected chi connectivity index (χ0v) is 45.9. The smallest absolute Gasteiger partial charge is 0.216 e. The lowest BCUT2D eigenvalue weighted by Crippen LogP contribution is -2.00. The zero-order chi connectivity index (χ0) is 59.8. The highest BCUT2D eigenvalue weighted by Crippen LogP contribution is 2.38. The fourth-order valence-electron chi connectivity index (χ4n) is 8.26. The molecule has 0 bridgehead atoms. The normalized spacial score (nSPS) is 11.3. The van der Waals surface area contributed by atoms with Crippen molar-refractivity contribution in [3.05, 3.63) is 244 Å². The highest BCUT2D eigenvalue weighted by atomic mass is 16.5. The summed E-state index contributed by atoms with van der Waals surface area (Å²) in [5.41, 5.74) is 7.85. The first-order valence-electron chi connectivity index (χ1n) is 25.6. The minimum atomic E-state index is -0.950. The van der Waals surface area contributed by atoms with Crippen LogP contribution in [0.4, 0.5) is 0 Å². The Hall–Kier alpha value is -10.6. The second-order valence-corrected chi connectivity index (χ2v) is 18.4. The van der Waals surface area contributed by atoms with Crippen LogP contribution in [0, 0.1) is 0 Å². The summed E-state index contributed by atoms with van der Waals surface area (Å²) in [5.74, 6) is 2.80. The van der Waals surface area contributed by atoms with Crippen LogP contribution in [0.1, 0.15) is 62.6 Å². The molecule has 0 spiro atoms. The van der Waals surface area contributed by atoms with Crippen LogP contribution < -0.4 is 18.9 Å². The van der Waals surface area contributed by atoms with Gasteiger partial charge in [-0.15, -0.1) is 0 Å². The third kappa shape index (κ3) is 18.5. The summed E-state index contributed by atoms with van der Waals surface area (Å²) in [6.45, 7) is 0. The van der Waals surface area contributed by atoms with Crippen LogP contribution in [0.3, 0.4) is 0 Å². The monoisotopic (exact) mass is 1130 g/mol. The molecule has 6 aromatic carbocycles. The fourth-order valence-corrected chi connectivity index (χ4v) is 8.26. The number of allylic oxidation sites excluding steroid dienone is 4. The van der Waals surface area contributed by atoms with Crippen molar-refractivity contribution in [1.29, 1.82) is 0 Å². The molecule has 1 unspecified atom stereocenters. The molecule has 0 amide bonds. The molecular formula is C65H65N3O15. The maximum Gasteiger partial charge on any atom is 0.216 e. The van der Waals surface area contributed by atoms with Gasteiger partial charge in [-0.1, -0.05) is 60.7 Å². The van der Waals surface area contributed by atoms with E-state index in [1.165, 1.54) is 66.4 Å². The van der Waals surface area contributed by atoms with E-state index in [4.69, 9.17) is 34.3 Å². The number of ether oxygens (including phenoxy) is 4. The maximum atomic E-state index is 9.98. The van der Waals surface area contributed by atoms with Gasteiger partial charge in [0.05, 0.1) is 28.4 Å². The van der Waals surface area contributed by atoms with E-state index < -0.39 is 6.10 Å². The van der Waals surface area contributed by atoms with Crippen LogP contribution in [-0.2, 0) is 25.7 Å². The maximum absolute atomic E-state index is 9.98. The van der Waals surface area contributed by atoms with Crippen molar-refractivity contribution >= 4 is 0 Å². The molecule has 10 rings (SSSR count). The number of hydrogen-bond donors (Lipinski definition) is 11. The lowest BCUT2D eigenvalue weighted by atomic mass is 10.0. The average Bonchev–Trinajstić information content (AvgIpc) is 4.15. The lowest BCUT2D eigenvalue weighted by molar-refractivity contribution is 0.215. The second kappa shape index (κ2) is 30.7. The molecule has 3 heterocycles. The third-order valence-corrected chi connectivity index (χ3v) is 12.6. The van der Waals surface area contributed by atoms with Gasteiger partial charge < -0.3 is 75.1 Å².